The lowest BCUT2D eigenvalue weighted by Crippen LogP contribution is -2.48. The van der Waals surface area contributed by atoms with Crippen LogP contribution in [0.2, 0.25) is 0 Å². The molecule has 1 amide bonds. The standard InChI is InChI=1S/C19H18N4O4S/c1-27-15-5-6-16-17(12-15)28-19(20-16)22-9-7-21(8-10-22)18(24)13-3-2-4-14(11-13)23(25)26/h2-6,11-12H,7-10H2,1H3. The van der Waals surface area contributed by atoms with E-state index < -0.39 is 4.92 Å². The summed E-state index contributed by atoms with van der Waals surface area (Å²) in [5.74, 6) is 0.618. The van der Waals surface area contributed by atoms with Crippen LogP contribution >= 0.6 is 11.3 Å². The van der Waals surface area contributed by atoms with Crippen LogP contribution in [-0.4, -0.2) is 54.0 Å². The normalized spacial score (nSPS) is 14.3. The number of nitro benzene ring substituents is 1. The van der Waals surface area contributed by atoms with Crippen LogP contribution in [0.4, 0.5) is 10.8 Å². The van der Waals surface area contributed by atoms with Crippen molar-refractivity contribution in [1.82, 2.24) is 9.88 Å². The number of benzene rings is 2. The number of fused-ring (bicyclic) bond motifs is 1. The van der Waals surface area contributed by atoms with Gasteiger partial charge in [0.2, 0.25) is 0 Å². The lowest BCUT2D eigenvalue weighted by Gasteiger charge is -2.34. The summed E-state index contributed by atoms with van der Waals surface area (Å²) in [6, 6.07) is 11.7. The monoisotopic (exact) mass is 398 g/mol. The molecule has 3 aromatic rings. The number of hydrogen-bond donors (Lipinski definition) is 0. The molecule has 1 saturated heterocycles. The Bertz CT molecular complexity index is 1040. The number of nitro groups is 1. The summed E-state index contributed by atoms with van der Waals surface area (Å²) in [4.78, 5) is 31.7. The summed E-state index contributed by atoms with van der Waals surface area (Å²) in [6.07, 6.45) is 0. The summed E-state index contributed by atoms with van der Waals surface area (Å²) < 4.78 is 6.32. The largest absolute Gasteiger partial charge is 0.497 e. The van der Waals surface area contributed by atoms with Crippen molar-refractivity contribution in [1.29, 1.82) is 0 Å². The molecule has 1 aliphatic heterocycles. The van der Waals surface area contributed by atoms with Crippen LogP contribution in [0.3, 0.4) is 0 Å². The molecule has 9 heteroatoms. The number of nitrogens with zero attached hydrogens (tertiary/aromatic N) is 4. The van der Waals surface area contributed by atoms with E-state index in [1.165, 1.54) is 18.2 Å². The van der Waals surface area contributed by atoms with E-state index in [4.69, 9.17) is 4.74 Å². The second kappa shape index (κ2) is 7.43. The van der Waals surface area contributed by atoms with Crippen LogP contribution in [0.15, 0.2) is 42.5 Å². The number of carbonyl (C=O) groups excluding carboxylic acids is 1. The molecule has 0 N–H and O–H groups in total. The molecule has 0 spiro atoms. The molecule has 0 atom stereocenters. The molecule has 2 aromatic carbocycles. The van der Waals surface area contributed by atoms with Gasteiger partial charge in [-0.25, -0.2) is 4.98 Å². The zero-order valence-corrected chi connectivity index (χ0v) is 16.0. The first kappa shape index (κ1) is 18.2. The van der Waals surface area contributed by atoms with Crippen molar-refractivity contribution in [2.75, 3.05) is 38.2 Å². The Kier molecular flexibility index (Phi) is 4.82. The average Bonchev–Trinajstić information content (AvgIpc) is 3.16. The van der Waals surface area contributed by atoms with E-state index in [0.29, 0.717) is 31.7 Å². The molecule has 0 saturated carbocycles. The fourth-order valence-corrected chi connectivity index (χ4v) is 4.24. The summed E-state index contributed by atoms with van der Waals surface area (Å²) in [6.45, 7) is 2.41. The summed E-state index contributed by atoms with van der Waals surface area (Å²) in [7, 11) is 1.64. The molecule has 0 radical (unpaired) electrons. The lowest BCUT2D eigenvalue weighted by molar-refractivity contribution is -0.384. The number of rotatable bonds is 4. The summed E-state index contributed by atoms with van der Waals surface area (Å²) in [5.41, 5.74) is 1.19. The minimum Gasteiger partial charge on any atom is -0.497 e. The number of piperazine rings is 1. The number of thiazole rings is 1. The maximum Gasteiger partial charge on any atom is 0.270 e. The van der Waals surface area contributed by atoms with Gasteiger partial charge in [-0.15, -0.1) is 0 Å². The number of ether oxygens (including phenoxy) is 1. The summed E-state index contributed by atoms with van der Waals surface area (Å²) in [5, 5.41) is 11.8. The molecular formula is C19H18N4O4S. The third-order valence-corrected chi connectivity index (χ3v) is 5.80. The van der Waals surface area contributed by atoms with Crippen LogP contribution in [0.5, 0.6) is 5.75 Å². The third-order valence-electron chi connectivity index (χ3n) is 4.73. The molecule has 1 fully saturated rings. The molecule has 1 aliphatic rings. The maximum absolute atomic E-state index is 12.7. The topological polar surface area (TPSA) is 88.8 Å². The zero-order valence-electron chi connectivity index (χ0n) is 15.2. The number of carbonyl (C=O) groups is 1. The Labute approximate surface area is 165 Å². The minimum atomic E-state index is -0.489. The number of hydrogen-bond acceptors (Lipinski definition) is 7. The fraction of sp³-hybridized carbons (Fsp3) is 0.263. The van der Waals surface area contributed by atoms with E-state index >= 15 is 0 Å². The van der Waals surface area contributed by atoms with Gasteiger partial charge in [0, 0.05) is 43.9 Å². The van der Waals surface area contributed by atoms with Gasteiger partial charge in [0.25, 0.3) is 11.6 Å². The van der Waals surface area contributed by atoms with Gasteiger partial charge < -0.3 is 14.5 Å². The Morgan fingerprint density at radius 1 is 1.18 bits per heavy atom. The van der Waals surface area contributed by atoms with Crippen molar-refractivity contribution < 1.29 is 14.5 Å². The highest BCUT2D eigenvalue weighted by Gasteiger charge is 2.25. The first-order valence-electron chi connectivity index (χ1n) is 8.78. The van der Waals surface area contributed by atoms with Crippen LogP contribution < -0.4 is 9.64 Å². The van der Waals surface area contributed by atoms with Gasteiger partial charge in [0.15, 0.2) is 5.13 Å². The molecule has 0 aliphatic carbocycles. The molecule has 8 nitrogen and oxygen atoms in total. The fourth-order valence-electron chi connectivity index (χ4n) is 3.19. The van der Waals surface area contributed by atoms with Crippen LogP contribution in [0.1, 0.15) is 10.4 Å². The van der Waals surface area contributed by atoms with E-state index in [1.54, 1.807) is 29.4 Å². The Morgan fingerprint density at radius 2 is 1.96 bits per heavy atom. The smallest absolute Gasteiger partial charge is 0.270 e. The molecule has 0 bridgehead atoms. The predicted molar refractivity (Wildman–Crippen MR) is 107 cm³/mol. The van der Waals surface area contributed by atoms with Gasteiger partial charge in [-0.05, 0) is 24.3 Å². The van der Waals surface area contributed by atoms with E-state index in [-0.39, 0.29) is 11.6 Å². The van der Waals surface area contributed by atoms with Gasteiger partial charge in [0.05, 0.1) is 22.2 Å². The van der Waals surface area contributed by atoms with Gasteiger partial charge in [-0.1, -0.05) is 17.4 Å². The van der Waals surface area contributed by atoms with Gasteiger partial charge in [0.1, 0.15) is 5.75 Å². The quantitative estimate of drug-likeness (QED) is 0.495. The summed E-state index contributed by atoms with van der Waals surface area (Å²) >= 11 is 1.60. The highest BCUT2D eigenvalue weighted by atomic mass is 32.1. The molecule has 28 heavy (non-hydrogen) atoms. The minimum absolute atomic E-state index is 0.0746. The van der Waals surface area contributed by atoms with Crippen LogP contribution in [-0.2, 0) is 0 Å². The van der Waals surface area contributed by atoms with Gasteiger partial charge >= 0.3 is 0 Å². The number of anilines is 1. The first-order chi connectivity index (χ1) is 13.5. The van der Waals surface area contributed by atoms with E-state index in [2.05, 4.69) is 9.88 Å². The second-order valence-corrected chi connectivity index (χ2v) is 7.43. The van der Waals surface area contributed by atoms with Crippen molar-refractivity contribution in [2.45, 2.75) is 0 Å². The van der Waals surface area contributed by atoms with E-state index in [1.807, 2.05) is 18.2 Å². The molecule has 144 valence electrons. The maximum atomic E-state index is 12.7. The van der Waals surface area contributed by atoms with Crippen molar-refractivity contribution in [3.8, 4) is 5.75 Å². The van der Waals surface area contributed by atoms with E-state index in [9.17, 15) is 14.9 Å². The molecular weight excluding hydrogens is 380 g/mol. The molecule has 1 aromatic heterocycles. The Morgan fingerprint density at radius 3 is 2.68 bits per heavy atom. The number of methoxy groups -OCH3 is 1. The van der Waals surface area contributed by atoms with Gasteiger partial charge in [-0.3, -0.25) is 14.9 Å². The molecule has 2 heterocycles. The van der Waals surface area contributed by atoms with Crippen LogP contribution in [0, 0.1) is 10.1 Å². The number of amides is 1. The second-order valence-electron chi connectivity index (χ2n) is 6.42. The van der Waals surface area contributed by atoms with Gasteiger partial charge in [-0.2, -0.15) is 0 Å². The predicted octanol–water partition coefficient (Wildman–Crippen LogP) is 3.18. The van der Waals surface area contributed by atoms with Crippen molar-refractivity contribution in [2.24, 2.45) is 0 Å². The van der Waals surface area contributed by atoms with Crippen molar-refractivity contribution >= 4 is 38.3 Å². The SMILES string of the molecule is COc1ccc2nc(N3CCN(C(=O)c4cccc([N+](=O)[O-])c4)CC3)sc2c1. The van der Waals surface area contributed by atoms with E-state index in [0.717, 1.165) is 21.1 Å². The average molecular weight is 398 g/mol. The molecule has 0 unspecified atom stereocenters. The highest BCUT2D eigenvalue weighted by Crippen LogP contribution is 2.32. The third kappa shape index (κ3) is 3.48. The van der Waals surface area contributed by atoms with Crippen LogP contribution in [0.25, 0.3) is 10.2 Å². The zero-order chi connectivity index (χ0) is 19.7. The Balaban J connectivity index is 1.45. The molecule has 4 rings (SSSR count). The lowest BCUT2D eigenvalue weighted by atomic mass is 10.1. The first-order valence-corrected chi connectivity index (χ1v) is 9.60. The van der Waals surface area contributed by atoms with Crippen molar-refractivity contribution in [3.05, 3.63) is 58.1 Å². The Hall–Kier alpha value is -3.20. The number of non-ortho nitro benzene ring substituents is 1. The number of aromatic nitrogens is 1. The van der Waals surface area contributed by atoms with Crippen molar-refractivity contribution in [3.63, 3.8) is 0 Å². The highest BCUT2D eigenvalue weighted by molar-refractivity contribution is 7.22.